The molecule has 1 atom stereocenters. The van der Waals surface area contributed by atoms with Crippen molar-refractivity contribution >= 4 is 28.4 Å². The van der Waals surface area contributed by atoms with Gasteiger partial charge in [0.05, 0.1) is 0 Å². The molecule has 1 amide bonds. The molecular formula is C17H22ClN3O. The van der Waals surface area contributed by atoms with Gasteiger partial charge in [-0.25, -0.2) is 0 Å². The smallest absolute Gasteiger partial charge is 0.239 e. The molecule has 1 saturated heterocycles. The van der Waals surface area contributed by atoms with E-state index >= 15 is 0 Å². The lowest BCUT2D eigenvalue weighted by Crippen LogP contribution is -2.40. The Morgan fingerprint density at radius 1 is 1.41 bits per heavy atom. The van der Waals surface area contributed by atoms with Gasteiger partial charge in [0.1, 0.15) is 6.54 Å². The minimum Gasteiger partial charge on any atom is -0.353 e. The van der Waals surface area contributed by atoms with E-state index < -0.39 is 0 Å². The number of aromatic nitrogens is 1. The predicted octanol–water partition coefficient (Wildman–Crippen LogP) is 2.90. The molecule has 5 heteroatoms. The fourth-order valence-corrected chi connectivity index (χ4v) is 3.54. The molecular weight excluding hydrogens is 298 g/mol. The van der Waals surface area contributed by atoms with E-state index in [0.29, 0.717) is 12.6 Å². The summed E-state index contributed by atoms with van der Waals surface area (Å²) in [5.41, 5.74) is 0.999. The number of fused-ring (bicyclic) bond motifs is 1. The first-order valence-corrected chi connectivity index (χ1v) is 8.31. The monoisotopic (exact) mass is 319 g/mol. The molecule has 0 saturated carbocycles. The van der Waals surface area contributed by atoms with Gasteiger partial charge in [-0.05, 0) is 44.1 Å². The van der Waals surface area contributed by atoms with Crippen molar-refractivity contribution in [3.05, 3.63) is 35.5 Å². The van der Waals surface area contributed by atoms with Gasteiger partial charge >= 0.3 is 0 Å². The van der Waals surface area contributed by atoms with E-state index in [1.54, 1.807) is 0 Å². The maximum Gasteiger partial charge on any atom is 0.239 e. The van der Waals surface area contributed by atoms with Crippen LogP contribution in [0, 0.1) is 0 Å². The highest BCUT2D eigenvalue weighted by molar-refractivity contribution is 6.35. The highest BCUT2D eigenvalue weighted by Gasteiger charge is 2.23. The molecule has 0 radical (unpaired) electrons. The highest BCUT2D eigenvalue weighted by Crippen LogP contribution is 2.24. The molecule has 1 N–H and O–H groups in total. The number of likely N-dealkylation sites (tertiary alicyclic amines) is 1. The molecule has 0 aliphatic carbocycles. The van der Waals surface area contributed by atoms with Gasteiger partial charge in [0.15, 0.2) is 0 Å². The van der Waals surface area contributed by atoms with Crippen LogP contribution >= 0.6 is 11.6 Å². The van der Waals surface area contributed by atoms with Crippen LogP contribution in [0.15, 0.2) is 30.5 Å². The Bertz CT molecular complexity index is 667. The Balaban J connectivity index is 1.60. The summed E-state index contributed by atoms with van der Waals surface area (Å²) in [4.78, 5) is 14.6. The molecule has 4 nitrogen and oxygen atoms in total. The number of carbonyl (C=O) groups is 1. The number of nitrogens with one attached hydrogen (secondary N) is 1. The molecule has 1 aliphatic heterocycles. The fraction of sp³-hybridized carbons (Fsp3) is 0.471. The van der Waals surface area contributed by atoms with E-state index in [1.807, 2.05) is 35.0 Å². The lowest BCUT2D eigenvalue weighted by atomic mass is 10.2. The Morgan fingerprint density at radius 2 is 2.27 bits per heavy atom. The third-order valence-corrected chi connectivity index (χ3v) is 4.84. The summed E-state index contributed by atoms with van der Waals surface area (Å²) in [6.07, 6.45) is 4.33. The van der Waals surface area contributed by atoms with Crippen molar-refractivity contribution in [1.29, 1.82) is 0 Å². The van der Waals surface area contributed by atoms with E-state index in [-0.39, 0.29) is 5.91 Å². The third-order valence-electron chi connectivity index (χ3n) is 4.51. The second-order valence-electron chi connectivity index (χ2n) is 5.84. The zero-order valence-electron chi connectivity index (χ0n) is 12.9. The van der Waals surface area contributed by atoms with E-state index in [1.165, 1.54) is 12.8 Å². The molecule has 0 bridgehead atoms. The summed E-state index contributed by atoms with van der Waals surface area (Å²) in [6.45, 7) is 5.46. The molecule has 118 valence electrons. The zero-order valence-corrected chi connectivity index (χ0v) is 13.6. The summed E-state index contributed by atoms with van der Waals surface area (Å²) >= 11 is 6.17. The van der Waals surface area contributed by atoms with Crippen LogP contribution in [0.2, 0.25) is 5.02 Å². The van der Waals surface area contributed by atoms with Crippen LogP contribution in [-0.2, 0) is 11.3 Å². The molecule has 0 unspecified atom stereocenters. The summed E-state index contributed by atoms with van der Waals surface area (Å²) in [7, 11) is 0. The van der Waals surface area contributed by atoms with E-state index in [9.17, 15) is 4.79 Å². The van der Waals surface area contributed by atoms with Gasteiger partial charge in [0, 0.05) is 34.7 Å². The summed E-state index contributed by atoms with van der Waals surface area (Å²) in [5, 5.41) is 4.79. The van der Waals surface area contributed by atoms with Gasteiger partial charge in [-0.1, -0.05) is 24.6 Å². The normalized spacial score (nSPS) is 18.9. The molecule has 2 heterocycles. The second kappa shape index (κ2) is 6.71. The average molecular weight is 320 g/mol. The number of benzene rings is 1. The van der Waals surface area contributed by atoms with Gasteiger partial charge < -0.3 is 9.88 Å². The molecule has 3 rings (SSSR count). The largest absolute Gasteiger partial charge is 0.353 e. The maximum absolute atomic E-state index is 12.2. The van der Waals surface area contributed by atoms with Crippen molar-refractivity contribution in [1.82, 2.24) is 14.8 Å². The van der Waals surface area contributed by atoms with Crippen LogP contribution in [0.3, 0.4) is 0 Å². The van der Waals surface area contributed by atoms with Crippen LogP contribution in [0.4, 0.5) is 0 Å². The molecule has 2 aromatic rings. The topological polar surface area (TPSA) is 37.3 Å². The van der Waals surface area contributed by atoms with Gasteiger partial charge in [0.25, 0.3) is 0 Å². The molecule has 22 heavy (non-hydrogen) atoms. The summed E-state index contributed by atoms with van der Waals surface area (Å²) in [5.74, 6) is 0.0560. The lowest BCUT2D eigenvalue weighted by molar-refractivity contribution is -0.121. The molecule has 1 aliphatic rings. The van der Waals surface area contributed by atoms with E-state index in [4.69, 9.17) is 11.6 Å². The maximum atomic E-state index is 12.2. The number of rotatable bonds is 5. The van der Waals surface area contributed by atoms with Crippen molar-refractivity contribution in [2.45, 2.75) is 32.4 Å². The van der Waals surface area contributed by atoms with Crippen molar-refractivity contribution in [3.63, 3.8) is 0 Å². The molecule has 1 aromatic carbocycles. The molecule has 1 aromatic heterocycles. The number of carbonyl (C=O) groups excluding carboxylic acids is 1. The van der Waals surface area contributed by atoms with Gasteiger partial charge in [0.2, 0.25) is 5.91 Å². The van der Waals surface area contributed by atoms with Gasteiger partial charge in [-0.2, -0.15) is 0 Å². The average Bonchev–Trinajstić information content (AvgIpc) is 3.13. The number of hydrogen-bond acceptors (Lipinski definition) is 2. The first-order valence-electron chi connectivity index (χ1n) is 7.93. The molecule has 1 fully saturated rings. The van der Waals surface area contributed by atoms with Crippen LogP contribution in [0.5, 0.6) is 0 Å². The van der Waals surface area contributed by atoms with Crippen LogP contribution in [-0.4, -0.2) is 41.1 Å². The zero-order chi connectivity index (χ0) is 15.5. The first-order chi connectivity index (χ1) is 10.7. The van der Waals surface area contributed by atoms with Crippen molar-refractivity contribution in [3.8, 4) is 0 Å². The Kier molecular flexibility index (Phi) is 4.69. The fourth-order valence-electron chi connectivity index (χ4n) is 3.31. The standard InChI is InChI=1S/C17H22ClN3O/c1-2-20-9-4-5-13(20)11-19-17(22)12-21-10-8-14-15(18)6-3-7-16(14)21/h3,6-8,10,13H,2,4-5,9,11-12H2,1H3,(H,19,22)/t13-/m0/s1. The number of halogens is 1. The SMILES string of the molecule is CCN1CCC[C@H]1CNC(=O)Cn1ccc2c(Cl)cccc21. The minimum atomic E-state index is 0.0560. The third kappa shape index (κ3) is 3.13. The van der Waals surface area contributed by atoms with Crippen molar-refractivity contribution in [2.75, 3.05) is 19.6 Å². The van der Waals surface area contributed by atoms with E-state index in [2.05, 4.69) is 17.1 Å². The summed E-state index contributed by atoms with van der Waals surface area (Å²) in [6, 6.07) is 8.22. The number of amides is 1. The van der Waals surface area contributed by atoms with Crippen LogP contribution in [0.25, 0.3) is 10.9 Å². The van der Waals surface area contributed by atoms with Crippen molar-refractivity contribution < 1.29 is 4.79 Å². The highest BCUT2D eigenvalue weighted by atomic mass is 35.5. The molecule has 0 spiro atoms. The Morgan fingerprint density at radius 3 is 3.09 bits per heavy atom. The second-order valence-corrected chi connectivity index (χ2v) is 6.25. The van der Waals surface area contributed by atoms with Crippen LogP contribution in [0.1, 0.15) is 19.8 Å². The Hall–Kier alpha value is -1.52. The van der Waals surface area contributed by atoms with Crippen LogP contribution < -0.4 is 5.32 Å². The van der Waals surface area contributed by atoms with E-state index in [0.717, 1.165) is 35.6 Å². The lowest BCUT2D eigenvalue weighted by Gasteiger charge is -2.22. The summed E-state index contributed by atoms with van der Waals surface area (Å²) < 4.78 is 1.95. The number of hydrogen-bond donors (Lipinski definition) is 1. The Labute approximate surface area is 136 Å². The number of likely N-dealkylation sites (N-methyl/N-ethyl adjacent to an activating group) is 1. The van der Waals surface area contributed by atoms with Gasteiger partial charge in [-0.3, -0.25) is 9.69 Å². The predicted molar refractivity (Wildman–Crippen MR) is 90.2 cm³/mol. The van der Waals surface area contributed by atoms with Gasteiger partial charge in [-0.15, -0.1) is 0 Å². The minimum absolute atomic E-state index is 0.0560. The number of nitrogens with zero attached hydrogens (tertiary/aromatic N) is 2. The quantitative estimate of drug-likeness (QED) is 0.920. The van der Waals surface area contributed by atoms with Crippen molar-refractivity contribution in [2.24, 2.45) is 0 Å². The first kappa shape index (κ1) is 15.4.